The molecule has 0 aliphatic carbocycles. The number of aromatic nitrogens is 3. The van der Waals surface area contributed by atoms with E-state index in [1.54, 1.807) is 24.3 Å². The minimum absolute atomic E-state index is 0.00920. The van der Waals surface area contributed by atoms with Gasteiger partial charge in [0.05, 0.1) is 11.3 Å². The predicted molar refractivity (Wildman–Crippen MR) is 256 cm³/mol. The molecule has 4 aromatic carbocycles. The van der Waals surface area contributed by atoms with Crippen LogP contribution in [0.15, 0.2) is 83.9 Å². The summed E-state index contributed by atoms with van der Waals surface area (Å²) in [5.41, 5.74) is 9.15. The highest BCUT2D eigenvalue weighted by molar-refractivity contribution is 7.15. The maximum atomic E-state index is 15.3. The predicted octanol–water partition coefficient (Wildman–Crippen LogP) is 11.2. The van der Waals surface area contributed by atoms with Crippen molar-refractivity contribution in [2.45, 2.75) is 72.4 Å². The molecule has 0 saturated carbocycles. The summed E-state index contributed by atoms with van der Waals surface area (Å²) >= 11 is 1.79. The lowest BCUT2D eigenvalue weighted by Gasteiger charge is -2.55. The van der Waals surface area contributed by atoms with Gasteiger partial charge in [-0.25, -0.2) is 13.2 Å². The van der Waals surface area contributed by atoms with Gasteiger partial charge in [0.1, 0.15) is 51.9 Å². The quantitative estimate of drug-likeness (QED) is 0.171. The summed E-state index contributed by atoms with van der Waals surface area (Å²) in [6.07, 6.45) is 3.87. The molecule has 0 amide bonds. The minimum atomic E-state index is -1.00. The molecule has 340 valence electrons. The number of ether oxygens (including phenoxy) is 1. The highest BCUT2D eigenvalue weighted by Gasteiger charge is 2.45. The number of piperidine rings is 2. The molecule has 11 rings (SSSR count). The number of hydrogen-bond donors (Lipinski definition) is 1. The van der Waals surface area contributed by atoms with Crippen molar-refractivity contribution < 1.29 is 23.0 Å². The zero-order valence-electron chi connectivity index (χ0n) is 38.0. The van der Waals surface area contributed by atoms with Crippen molar-refractivity contribution in [1.29, 1.82) is 0 Å². The number of phenolic OH excluding ortho intramolecular Hbond substituents is 1. The number of hydrogen-bond acceptors (Lipinski definition) is 9. The summed E-state index contributed by atoms with van der Waals surface area (Å²) < 4.78 is 53.3. The van der Waals surface area contributed by atoms with Crippen molar-refractivity contribution in [3.8, 4) is 16.5 Å². The molecule has 0 unspecified atom stereocenters. The molecule has 5 aliphatic rings. The second kappa shape index (κ2) is 16.4. The topological polar surface area (TPSA) is 82.2 Å². The molecular weight excluding hydrogens is 856 g/mol. The Balaban J connectivity index is 0.687. The summed E-state index contributed by atoms with van der Waals surface area (Å²) in [6.45, 7) is 17.8. The lowest BCUT2D eigenvalue weighted by Crippen LogP contribution is -2.60. The van der Waals surface area contributed by atoms with Gasteiger partial charge in [-0.1, -0.05) is 24.3 Å². The van der Waals surface area contributed by atoms with Crippen molar-refractivity contribution in [2.75, 3.05) is 55.6 Å². The monoisotopic (exact) mass is 909 g/mol. The van der Waals surface area contributed by atoms with Crippen molar-refractivity contribution in [1.82, 2.24) is 19.7 Å². The van der Waals surface area contributed by atoms with Crippen LogP contribution in [-0.4, -0.2) is 76.3 Å². The van der Waals surface area contributed by atoms with E-state index in [0.29, 0.717) is 40.4 Å². The Hall–Kier alpha value is -5.92. The van der Waals surface area contributed by atoms with Gasteiger partial charge in [0.2, 0.25) is 0 Å². The molecule has 13 heteroatoms. The first kappa shape index (κ1) is 42.7. The van der Waals surface area contributed by atoms with E-state index < -0.39 is 23.6 Å². The molecule has 2 atom stereocenters. The fourth-order valence-corrected chi connectivity index (χ4v) is 12.4. The second-order valence-electron chi connectivity index (χ2n) is 19.2. The number of phenols is 1. The van der Waals surface area contributed by atoms with Crippen LogP contribution < -0.4 is 14.5 Å². The van der Waals surface area contributed by atoms with Crippen LogP contribution in [0.3, 0.4) is 0 Å². The Morgan fingerprint density at radius 1 is 0.788 bits per heavy atom. The molecule has 1 spiro atoms. The highest BCUT2D eigenvalue weighted by Crippen LogP contribution is 2.49. The number of rotatable bonds is 7. The molecule has 2 aromatic heterocycles. The normalized spacial score (nSPS) is 20.6. The van der Waals surface area contributed by atoms with Crippen LogP contribution in [0.5, 0.6) is 11.5 Å². The van der Waals surface area contributed by atoms with Crippen LogP contribution in [-0.2, 0) is 0 Å². The van der Waals surface area contributed by atoms with E-state index in [1.807, 2.05) is 19.1 Å². The molecule has 3 fully saturated rings. The maximum absolute atomic E-state index is 15.3. The molecular formula is C53H54F3N7O2S. The zero-order valence-corrected chi connectivity index (χ0v) is 38.9. The van der Waals surface area contributed by atoms with Gasteiger partial charge in [-0.05, 0) is 138 Å². The SMILES string of the molecule is CC1=C(c2c(F)cc(F)cc2F)[C@H](c2ccc(N3CCC(CN4CCC5(CC4)CN(c4ccc(C6=N[C@@H](C)c7nnc(C)n7-c7sc(C)c(C)c76)cc4)C5)CC3)cc2)Oc2ccc(O)cc21. The number of halogens is 3. The van der Waals surface area contributed by atoms with Crippen LogP contribution in [0.4, 0.5) is 24.5 Å². The van der Waals surface area contributed by atoms with Crippen LogP contribution in [0.25, 0.3) is 16.1 Å². The third-order valence-electron chi connectivity index (χ3n) is 15.1. The number of aliphatic imine (C=N–C) groups is 1. The molecule has 1 N–H and O–H groups in total. The number of aryl methyl sites for hydroxylation is 2. The average Bonchev–Trinajstić information content (AvgIpc) is 3.79. The average molecular weight is 910 g/mol. The number of nitrogens with zero attached hydrogens (tertiary/aromatic N) is 7. The highest BCUT2D eigenvalue weighted by atomic mass is 32.1. The molecule has 6 aromatic rings. The number of anilines is 2. The van der Waals surface area contributed by atoms with Crippen LogP contribution in [0, 0.1) is 49.6 Å². The Morgan fingerprint density at radius 3 is 2.15 bits per heavy atom. The largest absolute Gasteiger partial charge is 0.508 e. The first-order valence-electron chi connectivity index (χ1n) is 23.2. The first-order valence-corrected chi connectivity index (χ1v) is 24.0. The summed E-state index contributed by atoms with van der Waals surface area (Å²) in [5, 5.41) is 20.3. The van der Waals surface area contributed by atoms with Crippen molar-refractivity contribution in [3.63, 3.8) is 0 Å². The second-order valence-corrected chi connectivity index (χ2v) is 20.4. The number of allylic oxidation sites excluding steroid dienone is 1. The smallest absolute Gasteiger partial charge is 0.162 e. The van der Waals surface area contributed by atoms with E-state index in [1.165, 1.54) is 46.7 Å². The molecule has 3 saturated heterocycles. The Morgan fingerprint density at radius 2 is 1.45 bits per heavy atom. The maximum Gasteiger partial charge on any atom is 0.162 e. The molecule has 0 radical (unpaired) electrons. The van der Waals surface area contributed by atoms with Crippen LogP contribution in [0.2, 0.25) is 0 Å². The van der Waals surface area contributed by atoms with Gasteiger partial charge in [-0.2, -0.15) is 0 Å². The lowest BCUT2D eigenvalue weighted by atomic mass is 9.71. The number of aromatic hydroxyl groups is 1. The molecule has 9 nitrogen and oxygen atoms in total. The Bertz CT molecular complexity index is 2890. The Labute approximate surface area is 387 Å². The first-order chi connectivity index (χ1) is 31.8. The van der Waals surface area contributed by atoms with Gasteiger partial charge in [-0.3, -0.25) is 9.56 Å². The minimum Gasteiger partial charge on any atom is -0.508 e. The van der Waals surface area contributed by atoms with E-state index >= 15 is 8.78 Å². The lowest BCUT2D eigenvalue weighted by molar-refractivity contribution is 0.0648. The summed E-state index contributed by atoms with van der Waals surface area (Å²) in [5.74, 6) is -0.0497. The van der Waals surface area contributed by atoms with Gasteiger partial charge < -0.3 is 24.5 Å². The number of fused-ring (bicyclic) bond motifs is 4. The van der Waals surface area contributed by atoms with Gasteiger partial charge >= 0.3 is 0 Å². The molecule has 0 bridgehead atoms. The van der Waals surface area contributed by atoms with Crippen molar-refractivity contribution in [3.05, 3.63) is 146 Å². The standard InChI is InChI=1S/C53H54F3N7O2S/c1-30-33(4)66-52-47(30)49(57-32(3)51-59-58-34(5)63(51)52)36-6-10-40(11-7-36)62-28-53(29-62)18-22-60(23-19-53)27-35-16-20-61(21-17-35)39-12-8-37(9-13-39)50-46(48-43(55)24-38(54)25-44(48)56)31(2)42-26-41(64)14-15-45(42)65-50/h6-15,24-26,32,35,50,64H,16-23,27-29H2,1-5H3/t32-,50-/m0/s1. The van der Waals surface area contributed by atoms with E-state index in [-0.39, 0.29) is 22.9 Å². The number of thiophene rings is 1. The van der Waals surface area contributed by atoms with Crippen LogP contribution in [0.1, 0.15) is 102 Å². The fourth-order valence-electron chi connectivity index (χ4n) is 11.2. The third kappa shape index (κ3) is 7.38. The summed E-state index contributed by atoms with van der Waals surface area (Å²) in [7, 11) is 0. The Kier molecular flexibility index (Phi) is 10.6. The molecule has 5 aliphatic heterocycles. The molecule has 7 heterocycles. The third-order valence-corrected chi connectivity index (χ3v) is 16.3. The van der Waals surface area contributed by atoms with E-state index in [4.69, 9.17) is 9.73 Å². The van der Waals surface area contributed by atoms with E-state index in [9.17, 15) is 9.50 Å². The van der Waals surface area contributed by atoms with Crippen molar-refractivity contribution >= 4 is 39.6 Å². The zero-order chi connectivity index (χ0) is 45.6. The van der Waals surface area contributed by atoms with Gasteiger partial charge in [-0.15, -0.1) is 21.5 Å². The number of likely N-dealkylation sites (tertiary alicyclic amines) is 1. The van der Waals surface area contributed by atoms with Gasteiger partial charge in [0, 0.05) is 88.8 Å². The summed E-state index contributed by atoms with van der Waals surface area (Å²) in [4.78, 5) is 14.2. The molecule has 66 heavy (non-hydrogen) atoms. The van der Waals surface area contributed by atoms with Crippen molar-refractivity contribution in [2.24, 2.45) is 16.3 Å². The van der Waals surface area contributed by atoms with E-state index in [0.717, 1.165) is 97.8 Å². The van der Waals surface area contributed by atoms with Crippen LogP contribution >= 0.6 is 11.3 Å². The summed E-state index contributed by atoms with van der Waals surface area (Å²) in [6, 6.07) is 23.1. The van der Waals surface area contributed by atoms with E-state index in [2.05, 4.69) is 86.6 Å². The van der Waals surface area contributed by atoms with Gasteiger partial charge in [0.15, 0.2) is 5.82 Å². The van der Waals surface area contributed by atoms with Gasteiger partial charge in [0.25, 0.3) is 0 Å². The number of benzene rings is 4. The fraction of sp³-hybridized carbons (Fsp3) is 0.377.